The third kappa shape index (κ3) is 1.87. The van der Waals surface area contributed by atoms with Gasteiger partial charge in [-0.1, -0.05) is 24.3 Å². The fraction of sp³-hybridized carbons (Fsp3) is 0.111. The van der Waals surface area contributed by atoms with Gasteiger partial charge in [0, 0.05) is 11.1 Å². The molecule has 2 unspecified atom stereocenters. The van der Waals surface area contributed by atoms with E-state index in [4.69, 9.17) is 20.0 Å². The van der Waals surface area contributed by atoms with Gasteiger partial charge >= 0.3 is 11.9 Å². The molecule has 0 radical (unpaired) electrons. The lowest BCUT2D eigenvalue weighted by molar-refractivity contribution is 0.0468. The Morgan fingerprint density at radius 1 is 0.750 bits per heavy atom. The van der Waals surface area contributed by atoms with Gasteiger partial charge in [-0.25, -0.2) is 9.59 Å². The van der Waals surface area contributed by atoms with Crippen molar-refractivity contribution in [2.45, 2.75) is 12.2 Å². The molecule has 2 aliphatic rings. The van der Waals surface area contributed by atoms with E-state index in [-0.39, 0.29) is 0 Å². The van der Waals surface area contributed by atoms with Crippen molar-refractivity contribution < 1.29 is 19.1 Å². The zero-order chi connectivity index (χ0) is 16.8. The van der Waals surface area contributed by atoms with Gasteiger partial charge in [-0.2, -0.15) is 10.5 Å². The van der Waals surface area contributed by atoms with E-state index in [1.54, 1.807) is 36.4 Å². The van der Waals surface area contributed by atoms with E-state index >= 15 is 0 Å². The van der Waals surface area contributed by atoms with Crippen LogP contribution in [0.3, 0.4) is 0 Å². The van der Waals surface area contributed by atoms with Crippen molar-refractivity contribution in [1.82, 2.24) is 0 Å². The molecule has 24 heavy (non-hydrogen) atoms. The van der Waals surface area contributed by atoms with Gasteiger partial charge < -0.3 is 9.47 Å². The average molecular weight is 316 g/mol. The predicted octanol–water partition coefficient (Wildman–Crippen LogP) is 2.82. The summed E-state index contributed by atoms with van der Waals surface area (Å²) in [6, 6.07) is 14.0. The van der Waals surface area contributed by atoms with Gasteiger partial charge in [-0.3, -0.25) is 0 Å². The maximum Gasteiger partial charge on any atom is 0.340 e. The lowest BCUT2D eigenvalue weighted by Crippen LogP contribution is -1.96. The van der Waals surface area contributed by atoms with Crippen molar-refractivity contribution in [1.29, 1.82) is 10.5 Å². The highest BCUT2D eigenvalue weighted by Gasteiger charge is 2.33. The number of ether oxygens (including phenoxy) is 2. The zero-order valence-corrected chi connectivity index (χ0v) is 12.1. The van der Waals surface area contributed by atoms with Crippen LogP contribution in [0.2, 0.25) is 0 Å². The van der Waals surface area contributed by atoms with E-state index in [2.05, 4.69) is 0 Å². The Bertz CT molecular complexity index is 916. The maximum atomic E-state index is 11.9. The smallest absolute Gasteiger partial charge is 0.340 e. The first-order chi connectivity index (χ1) is 11.6. The van der Waals surface area contributed by atoms with Gasteiger partial charge in [0.2, 0.25) is 12.2 Å². The molecule has 2 atom stereocenters. The number of hydrogen-bond acceptors (Lipinski definition) is 6. The molecule has 2 aromatic carbocycles. The molecule has 6 heteroatoms. The lowest BCUT2D eigenvalue weighted by atomic mass is 9.95. The molecule has 0 amide bonds. The Hall–Kier alpha value is -3.64. The van der Waals surface area contributed by atoms with E-state index in [0.717, 1.165) is 0 Å². The third-order valence-electron chi connectivity index (χ3n) is 4.13. The highest BCUT2D eigenvalue weighted by atomic mass is 16.6. The van der Waals surface area contributed by atoms with E-state index in [1.165, 1.54) is 0 Å². The van der Waals surface area contributed by atoms with Crippen molar-refractivity contribution >= 4 is 11.9 Å². The van der Waals surface area contributed by atoms with Gasteiger partial charge in [0.05, 0.1) is 11.1 Å². The summed E-state index contributed by atoms with van der Waals surface area (Å²) < 4.78 is 9.96. The molecular formula is C18H8N2O4. The average Bonchev–Trinajstić information content (AvgIpc) is 3.11. The quantitative estimate of drug-likeness (QED) is 0.750. The monoisotopic (exact) mass is 316 g/mol. The van der Waals surface area contributed by atoms with E-state index < -0.39 is 24.1 Å². The number of rotatable bonds is 1. The Morgan fingerprint density at radius 2 is 1.17 bits per heavy atom. The highest BCUT2D eigenvalue weighted by Crippen LogP contribution is 2.36. The van der Waals surface area contributed by atoms with Crippen molar-refractivity contribution in [2.24, 2.45) is 0 Å². The second-order valence-electron chi connectivity index (χ2n) is 5.43. The summed E-state index contributed by atoms with van der Waals surface area (Å²) in [7, 11) is 0. The lowest BCUT2D eigenvalue weighted by Gasteiger charge is -2.06. The molecule has 0 spiro atoms. The summed E-state index contributed by atoms with van der Waals surface area (Å²) in [4.78, 5) is 23.7. The summed E-state index contributed by atoms with van der Waals surface area (Å²) in [6.45, 7) is 0. The van der Waals surface area contributed by atoms with E-state index in [0.29, 0.717) is 33.4 Å². The summed E-state index contributed by atoms with van der Waals surface area (Å²) in [5, 5.41) is 18.0. The number of hydrogen-bond donors (Lipinski definition) is 0. The van der Waals surface area contributed by atoms with Crippen molar-refractivity contribution in [2.75, 3.05) is 0 Å². The largest absolute Gasteiger partial charge is 0.438 e. The number of esters is 2. The first kappa shape index (κ1) is 14.0. The number of cyclic esters (lactones) is 2. The Balaban J connectivity index is 1.80. The van der Waals surface area contributed by atoms with Crippen LogP contribution in [0.1, 0.15) is 44.1 Å². The minimum Gasteiger partial charge on any atom is -0.438 e. The molecule has 0 aliphatic carbocycles. The second kappa shape index (κ2) is 4.94. The van der Waals surface area contributed by atoms with Gasteiger partial charge in [-0.05, 0) is 23.3 Å². The topological polar surface area (TPSA) is 100 Å². The molecule has 0 bridgehead atoms. The SMILES string of the molecule is N#CC1OC(=O)c2cc(-c3ccc4c(c3)C(=O)OC4C#N)ccc21. The zero-order valence-electron chi connectivity index (χ0n) is 12.1. The van der Waals surface area contributed by atoms with Crippen molar-refractivity contribution in [3.63, 3.8) is 0 Å². The normalized spacial score (nSPS) is 20.4. The standard InChI is InChI=1S/C18H8N2O4/c19-7-15-11-3-1-9(5-13(11)17(21)23-15)10-2-4-12-14(6-10)18(22)24-16(12)8-20/h1-6,15-16H. The van der Waals surface area contributed by atoms with Crippen LogP contribution in [-0.2, 0) is 9.47 Å². The summed E-state index contributed by atoms with van der Waals surface area (Å²) in [6.07, 6.45) is -1.76. The van der Waals surface area contributed by atoms with Gasteiger partial charge in [0.25, 0.3) is 0 Å². The Morgan fingerprint density at radius 3 is 1.54 bits per heavy atom. The number of benzene rings is 2. The van der Waals surface area contributed by atoms with Gasteiger partial charge in [-0.15, -0.1) is 0 Å². The molecular weight excluding hydrogens is 308 g/mol. The molecule has 0 saturated carbocycles. The van der Waals surface area contributed by atoms with E-state index in [1.807, 2.05) is 12.1 Å². The van der Waals surface area contributed by atoms with Gasteiger partial charge in [0.15, 0.2) is 0 Å². The van der Waals surface area contributed by atoms with Crippen LogP contribution < -0.4 is 0 Å². The number of nitrogens with zero attached hydrogens (tertiary/aromatic N) is 2. The fourth-order valence-electron chi connectivity index (χ4n) is 2.94. The molecule has 0 saturated heterocycles. The Kier molecular flexibility index (Phi) is 2.88. The molecule has 0 fully saturated rings. The van der Waals surface area contributed by atoms with E-state index in [9.17, 15) is 9.59 Å². The maximum absolute atomic E-state index is 11.9. The van der Waals surface area contributed by atoms with Crippen LogP contribution in [0.25, 0.3) is 11.1 Å². The minimum absolute atomic E-state index is 0.344. The second-order valence-corrected chi connectivity index (χ2v) is 5.43. The Labute approximate surface area is 136 Å². The molecule has 4 rings (SSSR count). The van der Waals surface area contributed by atoms with Crippen LogP contribution in [0.5, 0.6) is 0 Å². The number of nitriles is 2. The van der Waals surface area contributed by atoms with Crippen LogP contribution in [-0.4, -0.2) is 11.9 Å². The highest BCUT2D eigenvalue weighted by molar-refractivity contribution is 5.98. The molecule has 6 nitrogen and oxygen atoms in total. The fourth-order valence-corrected chi connectivity index (χ4v) is 2.94. The van der Waals surface area contributed by atoms with Crippen LogP contribution in [0.4, 0.5) is 0 Å². The van der Waals surface area contributed by atoms with Crippen molar-refractivity contribution in [3.8, 4) is 23.3 Å². The minimum atomic E-state index is -0.882. The number of carbonyl (C=O) groups is 2. The molecule has 2 aliphatic heterocycles. The van der Waals surface area contributed by atoms with Crippen LogP contribution in [0.15, 0.2) is 36.4 Å². The first-order valence-corrected chi connectivity index (χ1v) is 7.12. The molecule has 2 heterocycles. The summed E-state index contributed by atoms with van der Waals surface area (Å²) in [5.74, 6) is -1.08. The molecule has 0 N–H and O–H groups in total. The predicted molar refractivity (Wildman–Crippen MR) is 79.4 cm³/mol. The first-order valence-electron chi connectivity index (χ1n) is 7.12. The third-order valence-corrected chi connectivity index (χ3v) is 4.13. The number of carbonyl (C=O) groups excluding carboxylic acids is 2. The summed E-state index contributed by atoms with van der Waals surface area (Å²) in [5.41, 5.74) is 3.18. The van der Waals surface area contributed by atoms with Gasteiger partial charge in [0.1, 0.15) is 12.1 Å². The van der Waals surface area contributed by atoms with Crippen molar-refractivity contribution in [3.05, 3.63) is 58.7 Å². The number of fused-ring (bicyclic) bond motifs is 2. The van der Waals surface area contributed by atoms with Crippen LogP contribution in [0, 0.1) is 22.7 Å². The van der Waals surface area contributed by atoms with Crippen LogP contribution >= 0.6 is 0 Å². The summed E-state index contributed by atoms with van der Waals surface area (Å²) >= 11 is 0. The molecule has 2 aromatic rings. The molecule has 114 valence electrons. The molecule has 0 aromatic heterocycles.